The topological polar surface area (TPSA) is 40.5 Å². The van der Waals surface area contributed by atoms with Crippen molar-refractivity contribution in [3.05, 3.63) is 35.6 Å². The highest BCUT2D eigenvalue weighted by atomic mass is 19.1. The van der Waals surface area contributed by atoms with E-state index >= 15 is 0 Å². The first-order valence-electron chi connectivity index (χ1n) is 4.78. The summed E-state index contributed by atoms with van der Waals surface area (Å²) in [5.74, 6) is -1.00. The standard InChI is InChI=1S/C11H12FNO2/c1-13-6-9(14)10(11(13)15)7-2-4-8(12)5-3-7/h2-5,9-10,14H,6H2,1H3. The van der Waals surface area contributed by atoms with Crippen LogP contribution in [-0.2, 0) is 4.79 Å². The van der Waals surface area contributed by atoms with E-state index in [0.29, 0.717) is 12.1 Å². The summed E-state index contributed by atoms with van der Waals surface area (Å²) < 4.78 is 12.7. The minimum Gasteiger partial charge on any atom is -0.390 e. The number of aliphatic hydroxyl groups excluding tert-OH is 1. The monoisotopic (exact) mass is 209 g/mol. The molecule has 1 fully saturated rings. The van der Waals surface area contributed by atoms with Crippen molar-refractivity contribution in [1.82, 2.24) is 4.90 Å². The third-order valence-electron chi connectivity index (χ3n) is 2.72. The van der Waals surface area contributed by atoms with Crippen LogP contribution in [0.5, 0.6) is 0 Å². The molecule has 2 rings (SSSR count). The average molecular weight is 209 g/mol. The lowest BCUT2D eigenvalue weighted by Crippen LogP contribution is -2.21. The van der Waals surface area contributed by atoms with Gasteiger partial charge in [-0.1, -0.05) is 12.1 Å². The first-order chi connectivity index (χ1) is 7.09. The van der Waals surface area contributed by atoms with Gasteiger partial charge in [-0.25, -0.2) is 4.39 Å². The Morgan fingerprint density at radius 3 is 2.47 bits per heavy atom. The van der Waals surface area contributed by atoms with Crippen LogP contribution in [0.3, 0.4) is 0 Å². The van der Waals surface area contributed by atoms with Gasteiger partial charge in [0.2, 0.25) is 5.91 Å². The van der Waals surface area contributed by atoms with Crippen LogP contribution < -0.4 is 0 Å². The van der Waals surface area contributed by atoms with Gasteiger partial charge in [-0.15, -0.1) is 0 Å². The van der Waals surface area contributed by atoms with Crippen LogP contribution >= 0.6 is 0 Å². The number of nitrogens with zero attached hydrogens (tertiary/aromatic N) is 1. The molecule has 1 saturated heterocycles. The molecule has 2 atom stereocenters. The van der Waals surface area contributed by atoms with E-state index < -0.39 is 12.0 Å². The van der Waals surface area contributed by atoms with Gasteiger partial charge in [0.25, 0.3) is 0 Å². The molecule has 3 nitrogen and oxygen atoms in total. The molecule has 1 amide bonds. The Hall–Kier alpha value is -1.42. The van der Waals surface area contributed by atoms with Crippen LogP contribution in [0.1, 0.15) is 11.5 Å². The summed E-state index contributed by atoms with van der Waals surface area (Å²) in [7, 11) is 1.65. The zero-order chi connectivity index (χ0) is 11.0. The molecule has 0 saturated carbocycles. The highest BCUT2D eigenvalue weighted by molar-refractivity contribution is 5.86. The quantitative estimate of drug-likeness (QED) is 0.741. The summed E-state index contributed by atoms with van der Waals surface area (Å²) in [4.78, 5) is 13.2. The van der Waals surface area contributed by atoms with E-state index in [1.54, 1.807) is 19.2 Å². The van der Waals surface area contributed by atoms with Gasteiger partial charge in [0.1, 0.15) is 5.82 Å². The normalized spacial score (nSPS) is 26.1. The Morgan fingerprint density at radius 2 is 2.00 bits per heavy atom. The van der Waals surface area contributed by atoms with Crippen LogP contribution in [0.4, 0.5) is 4.39 Å². The average Bonchev–Trinajstić information content (AvgIpc) is 2.44. The molecule has 0 spiro atoms. The molecule has 0 bridgehead atoms. The Labute approximate surface area is 87.1 Å². The minimum absolute atomic E-state index is 0.117. The lowest BCUT2D eigenvalue weighted by Gasteiger charge is -2.11. The second-order valence-corrected chi connectivity index (χ2v) is 3.82. The number of halogens is 1. The van der Waals surface area contributed by atoms with Crippen molar-refractivity contribution < 1.29 is 14.3 Å². The maximum absolute atomic E-state index is 12.7. The molecule has 1 aromatic carbocycles. The van der Waals surface area contributed by atoms with Gasteiger partial charge < -0.3 is 10.0 Å². The molecule has 1 heterocycles. The highest BCUT2D eigenvalue weighted by Gasteiger charge is 2.38. The minimum atomic E-state index is -0.701. The van der Waals surface area contributed by atoms with Gasteiger partial charge in [-0.05, 0) is 17.7 Å². The summed E-state index contributed by atoms with van der Waals surface area (Å²) in [6.07, 6.45) is -0.701. The summed E-state index contributed by atoms with van der Waals surface area (Å²) >= 11 is 0. The maximum atomic E-state index is 12.7. The molecular formula is C11H12FNO2. The van der Waals surface area contributed by atoms with Gasteiger partial charge >= 0.3 is 0 Å². The smallest absolute Gasteiger partial charge is 0.232 e. The lowest BCUT2D eigenvalue weighted by molar-refractivity contribution is -0.128. The summed E-state index contributed by atoms with van der Waals surface area (Å²) in [5, 5.41) is 9.70. The van der Waals surface area contributed by atoms with Crippen molar-refractivity contribution in [3.8, 4) is 0 Å². The molecular weight excluding hydrogens is 197 g/mol. The fourth-order valence-corrected chi connectivity index (χ4v) is 1.91. The van der Waals surface area contributed by atoms with Crippen LogP contribution in [0.2, 0.25) is 0 Å². The number of carbonyl (C=O) groups excluding carboxylic acids is 1. The second-order valence-electron chi connectivity index (χ2n) is 3.82. The van der Waals surface area contributed by atoms with E-state index in [0.717, 1.165) is 0 Å². The van der Waals surface area contributed by atoms with Gasteiger partial charge in [-0.2, -0.15) is 0 Å². The fourth-order valence-electron chi connectivity index (χ4n) is 1.91. The number of hydrogen-bond acceptors (Lipinski definition) is 2. The number of amides is 1. The van der Waals surface area contributed by atoms with E-state index in [2.05, 4.69) is 0 Å². The van der Waals surface area contributed by atoms with Crippen molar-refractivity contribution in [2.45, 2.75) is 12.0 Å². The number of carbonyl (C=O) groups is 1. The number of aliphatic hydroxyl groups is 1. The molecule has 1 aliphatic rings. The largest absolute Gasteiger partial charge is 0.390 e. The molecule has 0 aliphatic carbocycles. The van der Waals surface area contributed by atoms with Gasteiger partial charge in [-0.3, -0.25) is 4.79 Å². The van der Waals surface area contributed by atoms with Gasteiger partial charge in [0, 0.05) is 13.6 Å². The first kappa shape index (κ1) is 10.1. The first-order valence-corrected chi connectivity index (χ1v) is 4.78. The van der Waals surface area contributed by atoms with Crippen molar-refractivity contribution in [1.29, 1.82) is 0 Å². The molecule has 1 N–H and O–H groups in total. The van der Waals surface area contributed by atoms with E-state index in [4.69, 9.17) is 0 Å². The molecule has 0 radical (unpaired) electrons. The number of β-amino-alcohol motifs (C(OH)–C–C–N with tert-alkyl or cyclic N) is 1. The second kappa shape index (κ2) is 3.62. The Morgan fingerprint density at radius 1 is 1.40 bits per heavy atom. The van der Waals surface area contributed by atoms with Crippen molar-refractivity contribution in [2.75, 3.05) is 13.6 Å². The summed E-state index contributed by atoms with van der Waals surface area (Å²) in [6, 6.07) is 5.68. The van der Waals surface area contributed by atoms with Crippen LogP contribution in [-0.4, -0.2) is 35.6 Å². The molecule has 80 valence electrons. The Bertz CT molecular complexity index is 377. The lowest BCUT2D eigenvalue weighted by atomic mass is 9.96. The molecule has 1 aromatic rings. The summed E-state index contributed by atoms with van der Waals surface area (Å²) in [5.41, 5.74) is 0.665. The Balaban J connectivity index is 2.31. The molecule has 4 heteroatoms. The van der Waals surface area contributed by atoms with E-state index in [1.807, 2.05) is 0 Å². The molecule has 0 aromatic heterocycles. The van der Waals surface area contributed by atoms with Crippen LogP contribution in [0, 0.1) is 5.82 Å². The number of likely N-dealkylation sites (tertiary alicyclic amines) is 1. The van der Waals surface area contributed by atoms with Gasteiger partial charge in [0.15, 0.2) is 0 Å². The van der Waals surface area contributed by atoms with Crippen molar-refractivity contribution in [3.63, 3.8) is 0 Å². The number of rotatable bonds is 1. The molecule has 1 aliphatic heterocycles. The predicted octanol–water partition coefficient (Wildman–Crippen LogP) is 0.742. The Kier molecular flexibility index (Phi) is 2.44. The molecule has 15 heavy (non-hydrogen) atoms. The third-order valence-corrected chi connectivity index (χ3v) is 2.72. The number of benzene rings is 1. The maximum Gasteiger partial charge on any atom is 0.232 e. The van der Waals surface area contributed by atoms with E-state index in [1.165, 1.54) is 17.0 Å². The van der Waals surface area contributed by atoms with Gasteiger partial charge in [0.05, 0.1) is 12.0 Å². The predicted molar refractivity (Wildman–Crippen MR) is 52.8 cm³/mol. The zero-order valence-electron chi connectivity index (χ0n) is 8.35. The number of hydrogen-bond donors (Lipinski definition) is 1. The van der Waals surface area contributed by atoms with E-state index in [9.17, 15) is 14.3 Å². The van der Waals surface area contributed by atoms with Crippen molar-refractivity contribution in [2.24, 2.45) is 0 Å². The molecule has 2 unspecified atom stereocenters. The third kappa shape index (κ3) is 1.72. The fraction of sp³-hybridized carbons (Fsp3) is 0.364. The number of likely N-dealkylation sites (N-methyl/N-ethyl adjacent to an activating group) is 1. The van der Waals surface area contributed by atoms with Crippen molar-refractivity contribution >= 4 is 5.91 Å². The van der Waals surface area contributed by atoms with Crippen LogP contribution in [0.25, 0.3) is 0 Å². The zero-order valence-corrected chi connectivity index (χ0v) is 8.35. The highest BCUT2D eigenvalue weighted by Crippen LogP contribution is 2.28. The SMILES string of the molecule is CN1CC(O)C(c2ccc(F)cc2)C1=O. The van der Waals surface area contributed by atoms with E-state index in [-0.39, 0.29) is 11.7 Å². The van der Waals surface area contributed by atoms with Crippen LogP contribution in [0.15, 0.2) is 24.3 Å². The summed E-state index contributed by atoms with van der Waals surface area (Å²) in [6.45, 7) is 0.334.